The van der Waals surface area contributed by atoms with Crippen LogP contribution in [-0.2, 0) is 0 Å². The first-order valence-electron chi connectivity index (χ1n) is 4.20. The highest BCUT2D eigenvalue weighted by atomic mass is 15.4. The van der Waals surface area contributed by atoms with E-state index in [1.807, 2.05) is 5.01 Å². The van der Waals surface area contributed by atoms with Gasteiger partial charge in [0.25, 0.3) is 0 Å². The quantitative estimate of drug-likeness (QED) is 0.558. The highest BCUT2D eigenvalue weighted by Crippen LogP contribution is 2.21. The first kappa shape index (κ1) is 8.02. The Hall–Kier alpha value is -0.0800. The van der Waals surface area contributed by atoms with Crippen molar-refractivity contribution >= 4 is 0 Å². The molecule has 0 aliphatic carbocycles. The van der Waals surface area contributed by atoms with Crippen molar-refractivity contribution < 1.29 is 0 Å². The van der Waals surface area contributed by atoms with Gasteiger partial charge in [-0.15, -0.1) is 0 Å². The summed E-state index contributed by atoms with van der Waals surface area (Å²) in [6, 6.07) is 0. The Labute approximate surface area is 63.4 Å². The van der Waals surface area contributed by atoms with E-state index in [9.17, 15) is 0 Å². The fourth-order valence-corrected chi connectivity index (χ4v) is 1.58. The zero-order valence-corrected chi connectivity index (χ0v) is 7.01. The van der Waals surface area contributed by atoms with Gasteiger partial charge in [0.1, 0.15) is 0 Å². The molecule has 0 bridgehead atoms. The predicted molar refractivity (Wildman–Crippen MR) is 43.3 cm³/mol. The molecular formula is C8H18N2. The van der Waals surface area contributed by atoms with Gasteiger partial charge in [-0.1, -0.05) is 13.8 Å². The van der Waals surface area contributed by atoms with Gasteiger partial charge in [0.15, 0.2) is 0 Å². The van der Waals surface area contributed by atoms with Gasteiger partial charge in [-0.2, -0.15) is 0 Å². The summed E-state index contributed by atoms with van der Waals surface area (Å²) in [6.45, 7) is 6.74. The van der Waals surface area contributed by atoms with Gasteiger partial charge in [0.05, 0.1) is 0 Å². The van der Waals surface area contributed by atoms with Crippen molar-refractivity contribution in [2.45, 2.75) is 26.7 Å². The molecule has 2 heteroatoms. The van der Waals surface area contributed by atoms with Crippen LogP contribution in [0.3, 0.4) is 0 Å². The molecule has 1 aliphatic rings. The second-order valence-corrected chi connectivity index (χ2v) is 3.64. The van der Waals surface area contributed by atoms with Crippen LogP contribution in [-0.4, -0.2) is 18.1 Å². The van der Waals surface area contributed by atoms with Crippen molar-refractivity contribution in [1.82, 2.24) is 5.01 Å². The highest BCUT2D eigenvalue weighted by Gasteiger charge is 2.19. The van der Waals surface area contributed by atoms with Crippen LogP contribution in [0.1, 0.15) is 26.7 Å². The second-order valence-electron chi connectivity index (χ2n) is 3.64. The van der Waals surface area contributed by atoms with E-state index in [4.69, 9.17) is 5.84 Å². The summed E-state index contributed by atoms with van der Waals surface area (Å²) in [7, 11) is 0. The normalized spacial score (nSPS) is 29.4. The maximum absolute atomic E-state index is 5.70. The molecule has 1 aliphatic heterocycles. The minimum absolute atomic E-state index is 0.798. The van der Waals surface area contributed by atoms with Gasteiger partial charge in [-0.25, -0.2) is 5.01 Å². The molecule has 2 nitrogen and oxygen atoms in total. The van der Waals surface area contributed by atoms with E-state index >= 15 is 0 Å². The van der Waals surface area contributed by atoms with E-state index in [0.717, 1.165) is 24.9 Å². The molecule has 1 rings (SSSR count). The molecule has 0 amide bonds. The molecule has 0 saturated carbocycles. The Morgan fingerprint density at radius 1 is 1.50 bits per heavy atom. The number of nitrogens with zero attached hydrogens (tertiary/aromatic N) is 1. The molecule has 60 valence electrons. The number of nitrogens with two attached hydrogens (primary N) is 1. The molecule has 1 heterocycles. The van der Waals surface area contributed by atoms with E-state index in [1.165, 1.54) is 12.8 Å². The van der Waals surface area contributed by atoms with Crippen LogP contribution in [0.5, 0.6) is 0 Å². The van der Waals surface area contributed by atoms with Crippen LogP contribution < -0.4 is 5.84 Å². The summed E-state index contributed by atoms with van der Waals surface area (Å²) in [5.74, 6) is 7.33. The topological polar surface area (TPSA) is 29.3 Å². The van der Waals surface area contributed by atoms with Gasteiger partial charge in [-0.05, 0) is 24.7 Å². The van der Waals surface area contributed by atoms with Crippen molar-refractivity contribution in [2.24, 2.45) is 17.7 Å². The summed E-state index contributed by atoms with van der Waals surface area (Å²) in [6.07, 6.45) is 2.64. The number of piperidine rings is 1. The number of hydrazine groups is 1. The molecule has 1 saturated heterocycles. The van der Waals surface area contributed by atoms with Crippen LogP contribution in [0.15, 0.2) is 0 Å². The summed E-state index contributed by atoms with van der Waals surface area (Å²) in [5, 5.41) is 1.95. The highest BCUT2D eigenvalue weighted by molar-refractivity contribution is 4.71. The maximum atomic E-state index is 5.70. The van der Waals surface area contributed by atoms with Crippen molar-refractivity contribution in [3.63, 3.8) is 0 Å². The molecule has 0 aromatic rings. The smallest absolute Gasteiger partial charge is 0.0159 e. The van der Waals surface area contributed by atoms with Gasteiger partial charge in [0, 0.05) is 13.1 Å². The number of rotatable bonds is 1. The van der Waals surface area contributed by atoms with E-state index in [2.05, 4.69) is 13.8 Å². The summed E-state index contributed by atoms with van der Waals surface area (Å²) in [5.41, 5.74) is 0. The number of hydrogen-bond donors (Lipinski definition) is 1. The van der Waals surface area contributed by atoms with Crippen LogP contribution in [0, 0.1) is 11.8 Å². The molecular weight excluding hydrogens is 124 g/mol. The van der Waals surface area contributed by atoms with Crippen molar-refractivity contribution in [2.75, 3.05) is 13.1 Å². The lowest BCUT2D eigenvalue weighted by atomic mass is 9.89. The second kappa shape index (κ2) is 3.35. The van der Waals surface area contributed by atoms with Gasteiger partial charge < -0.3 is 0 Å². The van der Waals surface area contributed by atoms with E-state index in [-0.39, 0.29) is 0 Å². The van der Waals surface area contributed by atoms with Crippen LogP contribution in [0.4, 0.5) is 0 Å². The fourth-order valence-electron chi connectivity index (χ4n) is 1.58. The Kier molecular flexibility index (Phi) is 2.69. The fraction of sp³-hybridized carbons (Fsp3) is 1.00. The third-order valence-corrected chi connectivity index (χ3v) is 2.43. The van der Waals surface area contributed by atoms with Gasteiger partial charge in [0.2, 0.25) is 0 Å². The first-order valence-corrected chi connectivity index (χ1v) is 4.20. The molecule has 1 unspecified atom stereocenters. The Balaban J connectivity index is 2.32. The van der Waals surface area contributed by atoms with E-state index in [1.54, 1.807) is 0 Å². The maximum Gasteiger partial charge on any atom is 0.0159 e. The SMILES string of the molecule is CC(C)C1CCCN(N)C1. The van der Waals surface area contributed by atoms with Crippen LogP contribution >= 0.6 is 0 Å². The molecule has 0 spiro atoms. The van der Waals surface area contributed by atoms with Crippen molar-refractivity contribution in [3.8, 4) is 0 Å². The summed E-state index contributed by atoms with van der Waals surface area (Å²) < 4.78 is 0. The molecule has 1 atom stereocenters. The Morgan fingerprint density at radius 3 is 2.60 bits per heavy atom. The lowest BCUT2D eigenvalue weighted by molar-refractivity contribution is 0.147. The Bertz CT molecular complexity index is 101. The minimum atomic E-state index is 0.798. The molecule has 1 fully saturated rings. The molecule has 10 heavy (non-hydrogen) atoms. The Morgan fingerprint density at radius 2 is 2.20 bits per heavy atom. The van der Waals surface area contributed by atoms with E-state index < -0.39 is 0 Å². The third-order valence-electron chi connectivity index (χ3n) is 2.43. The third kappa shape index (κ3) is 1.96. The molecule has 0 aromatic carbocycles. The lowest BCUT2D eigenvalue weighted by Crippen LogP contribution is -2.41. The zero-order chi connectivity index (χ0) is 7.56. The molecule has 0 radical (unpaired) electrons. The molecule has 0 aromatic heterocycles. The summed E-state index contributed by atoms with van der Waals surface area (Å²) >= 11 is 0. The first-order chi connectivity index (χ1) is 4.70. The summed E-state index contributed by atoms with van der Waals surface area (Å²) in [4.78, 5) is 0. The average Bonchev–Trinajstić information content (AvgIpc) is 1.88. The van der Waals surface area contributed by atoms with Crippen molar-refractivity contribution in [1.29, 1.82) is 0 Å². The zero-order valence-electron chi connectivity index (χ0n) is 7.01. The minimum Gasteiger partial charge on any atom is -0.269 e. The van der Waals surface area contributed by atoms with Gasteiger partial charge >= 0.3 is 0 Å². The molecule has 2 N–H and O–H groups in total. The lowest BCUT2D eigenvalue weighted by Gasteiger charge is -2.31. The average molecular weight is 142 g/mol. The van der Waals surface area contributed by atoms with E-state index in [0.29, 0.717) is 0 Å². The largest absolute Gasteiger partial charge is 0.269 e. The van der Waals surface area contributed by atoms with Crippen LogP contribution in [0.25, 0.3) is 0 Å². The predicted octanol–water partition coefficient (Wildman–Crippen LogP) is 1.23. The van der Waals surface area contributed by atoms with Crippen molar-refractivity contribution in [3.05, 3.63) is 0 Å². The monoisotopic (exact) mass is 142 g/mol. The van der Waals surface area contributed by atoms with Gasteiger partial charge in [-0.3, -0.25) is 5.84 Å². The standard InChI is InChI=1S/C8H18N2/c1-7(2)8-4-3-5-10(9)6-8/h7-8H,3-6,9H2,1-2H3. The van der Waals surface area contributed by atoms with Crippen LogP contribution in [0.2, 0.25) is 0 Å². The number of hydrogen-bond acceptors (Lipinski definition) is 2.